The van der Waals surface area contributed by atoms with Crippen molar-refractivity contribution in [2.24, 2.45) is 0 Å². The van der Waals surface area contributed by atoms with Crippen LogP contribution in [0.3, 0.4) is 0 Å². The fourth-order valence-corrected chi connectivity index (χ4v) is 4.75. The number of nitrogens with zero attached hydrogens (tertiary/aromatic N) is 1. The van der Waals surface area contributed by atoms with Crippen LogP contribution in [-0.2, 0) is 9.31 Å². The molecular formula is C22H25BFNO2. The Labute approximate surface area is 160 Å². The molecule has 0 spiro atoms. The van der Waals surface area contributed by atoms with Gasteiger partial charge in [0.2, 0.25) is 0 Å². The highest BCUT2D eigenvalue weighted by atomic mass is 19.1. The summed E-state index contributed by atoms with van der Waals surface area (Å²) < 4.78 is 26.9. The maximum absolute atomic E-state index is 14.9. The van der Waals surface area contributed by atoms with E-state index in [4.69, 9.17) is 9.31 Å². The number of halogens is 1. The summed E-state index contributed by atoms with van der Waals surface area (Å²) in [5.41, 5.74) is 3.95. The van der Waals surface area contributed by atoms with Crippen molar-refractivity contribution in [3.8, 4) is 11.3 Å². The van der Waals surface area contributed by atoms with Crippen LogP contribution >= 0.6 is 0 Å². The molecule has 1 aliphatic heterocycles. The average Bonchev–Trinajstić information content (AvgIpc) is 3.27. The highest BCUT2D eigenvalue weighted by Crippen LogP contribution is 2.53. The molecule has 140 valence electrons. The fourth-order valence-electron chi connectivity index (χ4n) is 4.75. The first-order valence-electron chi connectivity index (χ1n) is 9.90. The standard InChI is InChI=1S/C22H25BFNO2/c1-21(2)22(3,4)27-23(26-21)18-12-25-20(11-19(18)24)15-7-8-16-13-5-6-14(9-13)17(16)10-15/h7-8,10-14H,5-6,9H2,1-4H3. The minimum absolute atomic E-state index is 0.333. The Morgan fingerprint density at radius 2 is 1.67 bits per heavy atom. The van der Waals surface area contributed by atoms with Crippen LogP contribution in [0.2, 0.25) is 0 Å². The molecule has 5 rings (SSSR count). The predicted molar refractivity (Wildman–Crippen MR) is 105 cm³/mol. The van der Waals surface area contributed by atoms with Gasteiger partial charge in [0, 0.05) is 17.2 Å². The van der Waals surface area contributed by atoms with E-state index in [1.807, 2.05) is 27.7 Å². The molecule has 2 aromatic rings. The van der Waals surface area contributed by atoms with Gasteiger partial charge < -0.3 is 9.31 Å². The fraction of sp³-hybridized carbons (Fsp3) is 0.500. The molecule has 2 fully saturated rings. The Kier molecular flexibility index (Phi) is 3.64. The smallest absolute Gasteiger partial charge is 0.399 e. The van der Waals surface area contributed by atoms with E-state index in [1.165, 1.54) is 36.5 Å². The quantitative estimate of drug-likeness (QED) is 0.732. The van der Waals surface area contributed by atoms with E-state index in [-0.39, 0.29) is 5.82 Å². The summed E-state index contributed by atoms with van der Waals surface area (Å²) >= 11 is 0. The van der Waals surface area contributed by atoms with Crippen LogP contribution < -0.4 is 5.46 Å². The lowest BCUT2D eigenvalue weighted by Gasteiger charge is -2.32. The number of hydrogen-bond donors (Lipinski definition) is 0. The topological polar surface area (TPSA) is 31.4 Å². The molecule has 1 aromatic carbocycles. The van der Waals surface area contributed by atoms with Gasteiger partial charge in [-0.25, -0.2) is 4.39 Å². The van der Waals surface area contributed by atoms with Gasteiger partial charge in [-0.05, 0) is 82.1 Å². The van der Waals surface area contributed by atoms with Crippen LogP contribution in [-0.4, -0.2) is 23.3 Å². The lowest BCUT2D eigenvalue weighted by molar-refractivity contribution is 0.00578. The summed E-state index contributed by atoms with van der Waals surface area (Å²) in [7, 11) is -0.729. The van der Waals surface area contributed by atoms with Gasteiger partial charge in [0.15, 0.2) is 0 Å². The zero-order valence-electron chi connectivity index (χ0n) is 16.4. The van der Waals surface area contributed by atoms with Crippen molar-refractivity contribution in [2.75, 3.05) is 0 Å². The molecule has 1 saturated heterocycles. The van der Waals surface area contributed by atoms with Gasteiger partial charge in [0.05, 0.1) is 16.9 Å². The normalized spacial score (nSPS) is 27.2. The van der Waals surface area contributed by atoms with Crippen molar-refractivity contribution in [1.29, 1.82) is 0 Å². The Bertz CT molecular complexity index is 911. The lowest BCUT2D eigenvalue weighted by atomic mass is 9.79. The third kappa shape index (κ3) is 2.59. The van der Waals surface area contributed by atoms with Crippen molar-refractivity contribution in [3.05, 3.63) is 47.4 Å². The Balaban J connectivity index is 1.46. The number of benzene rings is 1. The molecule has 1 saturated carbocycles. The highest BCUT2D eigenvalue weighted by molar-refractivity contribution is 6.62. The molecule has 2 heterocycles. The van der Waals surface area contributed by atoms with Crippen molar-refractivity contribution in [2.45, 2.75) is 70.0 Å². The summed E-state index contributed by atoms with van der Waals surface area (Å²) in [5, 5.41) is 0. The van der Waals surface area contributed by atoms with E-state index in [9.17, 15) is 4.39 Å². The van der Waals surface area contributed by atoms with Gasteiger partial charge in [-0.1, -0.05) is 12.1 Å². The molecule has 2 atom stereocenters. The van der Waals surface area contributed by atoms with E-state index in [1.54, 1.807) is 6.20 Å². The molecule has 0 radical (unpaired) electrons. The van der Waals surface area contributed by atoms with Gasteiger partial charge in [-0.3, -0.25) is 4.98 Å². The van der Waals surface area contributed by atoms with E-state index < -0.39 is 18.3 Å². The van der Waals surface area contributed by atoms with Gasteiger partial charge in [-0.2, -0.15) is 0 Å². The Morgan fingerprint density at radius 1 is 1.00 bits per heavy atom. The maximum atomic E-state index is 14.9. The van der Waals surface area contributed by atoms with Crippen molar-refractivity contribution in [1.82, 2.24) is 4.98 Å². The van der Waals surface area contributed by atoms with E-state index >= 15 is 0 Å². The molecule has 2 bridgehead atoms. The lowest BCUT2D eigenvalue weighted by Crippen LogP contribution is -2.41. The first-order valence-corrected chi connectivity index (χ1v) is 9.90. The minimum atomic E-state index is -0.729. The molecule has 1 aromatic heterocycles. The molecule has 3 aliphatic rings. The van der Waals surface area contributed by atoms with Gasteiger partial charge in [0.1, 0.15) is 5.82 Å². The van der Waals surface area contributed by atoms with Gasteiger partial charge in [-0.15, -0.1) is 0 Å². The minimum Gasteiger partial charge on any atom is -0.399 e. The third-order valence-corrected chi connectivity index (χ3v) is 7.08. The second-order valence-electron chi connectivity index (χ2n) is 9.23. The number of fused-ring (bicyclic) bond motifs is 5. The Hall–Kier alpha value is -1.72. The molecule has 5 heteroatoms. The second-order valence-corrected chi connectivity index (χ2v) is 9.23. The summed E-state index contributed by atoms with van der Waals surface area (Å²) in [6.07, 6.45) is 5.43. The monoisotopic (exact) mass is 365 g/mol. The summed E-state index contributed by atoms with van der Waals surface area (Å²) in [4.78, 5) is 4.54. The molecule has 0 N–H and O–H groups in total. The van der Waals surface area contributed by atoms with Crippen LogP contribution in [0.15, 0.2) is 30.5 Å². The first kappa shape index (κ1) is 17.4. The summed E-state index contributed by atoms with van der Waals surface area (Å²) in [6, 6.07) is 8.02. The van der Waals surface area contributed by atoms with E-state index in [0.717, 1.165) is 11.5 Å². The molecule has 2 aliphatic carbocycles. The van der Waals surface area contributed by atoms with E-state index in [0.29, 0.717) is 17.1 Å². The summed E-state index contributed by atoms with van der Waals surface area (Å²) in [6.45, 7) is 7.85. The largest absolute Gasteiger partial charge is 0.499 e. The zero-order chi connectivity index (χ0) is 19.0. The van der Waals surface area contributed by atoms with E-state index in [2.05, 4.69) is 23.2 Å². The Morgan fingerprint density at radius 3 is 2.33 bits per heavy atom. The summed E-state index contributed by atoms with van der Waals surface area (Å²) in [5.74, 6) is 1.08. The maximum Gasteiger partial charge on any atom is 0.499 e. The third-order valence-electron chi connectivity index (χ3n) is 7.08. The van der Waals surface area contributed by atoms with Crippen molar-refractivity contribution >= 4 is 12.6 Å². The van der Waals surface area contributed by atoms with Crippen molar-refractivity contribution in [3.63, 3.8) is 0 Å². The molecule has 3 nitrogen and oxygen atoms in total. The highest BCUT2D eigenvalue weighted by Gasteiger charge is 2.52. The number of pyridine rings is 1. The first-order chi connectivity index (χ1) is 12.7. The van der Waals surface area contributed by atoms with Crippen LogP contribution in [0.5, 0.6) is 0 Å². The molecule has 2 unspecified atom stereocenters. The molecular weight excluding hydrogens is 340 g/mol. The van der Waals surface area contributed by atoms with Gasteiger partial charge >= 0.3 is 7.12 Å². The van der Waals surface area contributed by atoms with Crippen LogP contribution in [0, 0.1) is 5.82 Å². The van der Waals surface area contributed by atoms with Crippen LogP contribution in [0.4, 0.5) is 4.39 Å². The van der Waals surface area contributed by atoms with Crippen LogP contribution in [0.1, 0.15) is 69.9 Å². The second kappa shape index (κ2) is 5.65. The molecule has 0 amide bonds. The molecule has 27 heavy (non-hydrogen) atoms. The zero-order valence-corrected chi connectivity index (χ0v) is 16.4. The van der Waals surface area contributed by atoms with Crippen LogP contribution in [0.25, 0.3) is 11.3 Å². The van der Waals surface area contributed by atoms with Crippen molar-refractivity contribution < 1.29 is 13.7 Å². The SMILES string of the molecule is CC1(C)OB(c2cnc(-c3ccc4c(c3)C3CCC4C3)cc2F)OC1(C)C. The number of aromatic nitrogens is 1. The number of hydrogen-bond acceptors (Lipinski definition) is 3. The number of rotatable bonds is 2. The average molecular weight is 365 g/mol. The van der Waals surface area contributed by atoms with Gasteiger partial charge in [0.25, 0.3) is 0 Å². The predicted octanol–water partition coefficient (Wildman–Crippen LogP) is 4.55.